The fourth-order valence-electron chi connectivity index (χ4n) is 1.53. The van der Waals surface area contributed by atoms with E-state index in [1.54, 1.807) is 31.3 Å². The minimum absolute atomic E-state index is 0.263. The van der Waals surface area contributed by atoms with Gasteiger partial charge in [-0.15, -0.1) is 0 Å². The van der Waals surface area contributed by atoms with E-state index in [-0.39, 0.29) is 12.4 Å². The summed E-state index contributed by atoms with van der Waals surface area (Å²) in [5.41, 5.74) is 0.0611. The Kier molecular flexibility index (Phi) is 5.10. The van der Waals surface area contributed by atoms with Crippen molar-refractivity contribution >= 4 is 5.91 Å². The highest BCUT2D eigenvalue weighted by molar-refractivity contribution is 5.78. The number of hydrogen-bond acceptors (Lipinski definition) is 2. The van der Waals surface area contributed by atoms with Gasteiger partial charge in [0.1, 0.15) is 12.4 Å². The van der Waals surface area contributed by atoms with Crippen molar-refractivity contribution in [3.63, 3.8) is 0 Å². The number of carbonyl (C=O) groups excluding carboxylic acids is 1. The number of rotatable bonds is 5. The monoisotopic (exact) mass is 292 g/mol. The fraction of sp³-hybridized carbons (Fsp3) is 0.462. The van der Waals surface area contributed by atoms with Crippen molar-refractivity contribution < 1.29 is 22.4 Å². The normalized spacial score (nSPS) is 12.3. The molecule has 0 aliphatic carbocycles. The molecule has 0 spiro atoms. The second-order valence-corrected chi connectivity index (χ2v) is 4.88. The fourth-order valence-corrected chi connectivity index (χ4v) is 1.53. The first-order valence-electron chi connectivity index (χ1n) is 5.95. The molecule has 2 N–H and O–H groups in total. The topological polar surface area (TPSA) is 41.1 Å². The lowest BCUT2D eigenvalue weighted by atomic mass is 9.94. The van der Waals surface area contributed by atoms with Gasteiger partial charge in [0.15, 0.2) is 0 Å². The molecule has 0 aromatic heterocycles. The zero-order valence-electron chi connectivity index (χ0n) is 11.1. The van der Waals surface area contributed by atoms with Gasteiger partial charge in [0.25, 0.3) is 0 Å². The minimum atomic E-state index is -4.43. The van der Waals surface area contributed by atoms with Crippen molar-refractivity contribution in [2.45, 2.75) is 25.6 Å². The minimum Gasteiger partial charge on any atom is -0.346 e. The van der Waals surface area contributed by atoms with Crippen molar-refractivity contribution in [2.75, 3.05) is 13.1 Å². The number of carbonyl (C=O) groups is 1. The van der Waals surface area contributed by atoms with Crippen LogP contribution in [0.15, 0.2) is 24.3 Å². The van der Waals surface area contributed by atoms with Crippen molar-refractivity contribution in [3.05, 3.63) is 35.6 Å². The second-order valence-electron chi connectivity index (χ2n) is 4.88. The molecule has 0 unspecified atom stereocenters. The SMILES string of the molecule is CC(C)(NCC(=O)NCC(F)(F)F)c1ccc(F)cc1. The zero-order valence-corrected chi connectivity index (χ0v) is 11.1. The Labute approximate surface area is 114 Å². The number of nitrogens with one attached hydrogen (secondary N) is 2. The van der Waals surface area contributed by atoms with E-state index in [2.05, 4.69) is 5.32 Å². The van der Waals surface area contributed by atoms with E-state index in [1.165, 1.54) is 12.1 Å². The maximum Gasteiger partial charge on any atom is 0.405 e. The molecule has 0 saturated heterocycles. The number of halogens is 4. The summed E-state index contributed by atoms with van der Waals surface area (Å²) in [5, 5.41) is 4.60. The number of amides is 1. The predicted octanol–water partition coefficient (Wildman–Crippen LogP) is 2.33. The summed E-state index contributed by atoms with van der Waals surface area (Å²) in [6.45, 7) is 1.87. The van der Waals surface area contributed by atoms with Crippen LogP contribution < -0.4 is 10.6 Å². The summed E-state index contributed by atoms with van der Waals surface area (Å²) in [4.78, 5) is 11.3. The van der Waals surface area contributed by atoms with Crippen molar-refractivity contribution in [1.29, 1.82) is 0 Å². The van der Waals surface area contributed by atoms with Crippen LogP contribution >= 0.6 is 0 Å². The van der Waals surface area contributed by atoms with Gasteiger partial charge in [-0.3, -0.25) is 10.1 Å². The highest BCUT2D eigenvalue weighted by Gasteiger charge is 2.28. The Balaban J connectivity index is 2.51. The van der Waals surface area contributed by atoms with Gasteiger partial charge in [0, 0.05) is 5.54 Å². The van der Waals surface area contributed by atoms with Gasteiger partial charge in [-0.1, -0.05) is 12.1 Å². The highest BCUT2D eigenvalue weighted by atomic mass is 19.4. The van der Waals surface area contributed by atoms with Gasteiger partial charge in [-0.2, -0.15) is 13.2 Å². The van der Waals surface area contributed by atoms with Gasteiger partial charge in [-0.25, -0.2) is 4.39 Å². The average Bonchev–Trinajstić information content (AvgIpc) is 2.34. The Hall–Kier alpha value is -1.63. The molecule has 0 radical (unpaired) electrons. The number of hydrogen-bond donors (Lipinski definition) is 2. The van der Waals surface area contributed by atoms with Gasteiger partial charge >= 0.3 is 6.18 Å². The van der Waals surface area contributed by atoms with Crippen LogP contribution in [0.5, 0.6) is 0 Å². The lowest BCUT2D eigenvalue weighted by Crippen LogP contribution is -2.45. The van der Waals surface area contributed by atoms with E-state index < -0.39 is 24.2 Å². The summed E-state index contributed by atoms with van der Waals surface area (Å²) >= 11 is 0. The van der Waals surface area contributed by atoms with E-state index in [0.29, 0.717) is 0 Å². The van der Waals surface area contributed by atoms with Crippen LogP contribution in [0.3, 0.4) is 0 Å². The van der Waals surface area contributed by atoms with Crippen LogP contribution in [-0.2, 0) is 10.3 Å². The van der Waals surface area contributed by atoms with E-state index in [1.807, 2.05) is 0 Å². The molecule has 0 fully saturated rings. The molecular weight excluding hydrogens is 276 g/mol. The standard InChI is InChI=1S/C13H16F4N2O/c1-12(2,9-3-5-10(14)6-4-9)19-7-11(20)18-8-13(15,16)17/h3-6,19H,7-8H2,1-2H3,(H,18,20). The molecule has 112 valence electrons. The van der Waals surface area contributed by atoms with Gasteiger partial charge in [0.05, 0.1) is 6.54 Å². The largest absolute Gasteiger partial charge is 0.405 e. The van der Waals surface area contributed by atoms with Crippen LogP contribution in [-0.4, -0.2) is 25.2 Å². The molecule has 0 aliphatic heterocycles. The van der Waals surface area contributed by atoms with E-state index in [0.717, 1.165) is 5.56 Å². The van der Waals surface area contributed by atoms with Gasteiger partial charge < -0.3 is 5.32 Å². The molecule has 1 rings (SSSR count). The number of benzene rings is 1. The first-order valence-corrected chi connectivity index (χ1v) is 5.95. The molecule has 1 aromatic carbocycles. The molecule has 0 heterocycles. The van der Waals surface area contributed by atoms with Crippen LogP contribution in [0.25, 0.3) is 0 Å². The Bertz CT molecular complexity index is 454. The molecule has 3 nitrogen and oxygen atoms in total. The van der Waals surface area contributed by atoms with Crippen molar-refractivity contribution in [1.82, 2.24) is 10.6 Å². The quantitative estimate of drug-likeness (QED) is 0.818. The molecular formula is C13H16F4N2O. The average molecular weight is 292 g/mol. The van der Waals surface area contributed by atoms with Crippen LogP contribution in [0.4, 0.5) is 17.6 Å². The molecule has 0 atom stereocenters. The number of alkyl halides is 3. The van der Waals surface area contributed by atoms with Gasteiger partial charge in [0.2, 0.25) is 5.91 Å². The van der Waals surface area contributed by atoms with Crippen molar-refractivity contribution in [3.8, 4) is 0 Å². The Morgan fingerprint density at radius 1 is 1.15 bits per heavy atom. The lowest BCUT2D eigenvalue weighted by molar-refractivity contribution is -0.138. The third kappa shape index (κ3) is 5.56. The highest BCUT2D eigenvalue weighted by Crippen LogP contribution is 2.19. The summed E-state index contributed by atoms with van der Waals surface area (Å²) < 4.78 is 48.6. The summed E-state index contributed by atoms with van der Waals surface area (Å²) in [5.74, 6) is -1.13. The first kappa shape index (κ1) is 16.4. The molecule has 20 heavy (non-hydrogen) atoms. The van der Waals surface area contributed by atoms with Crippen LogP contribution in [0.1, 0.15) is 19.4 Å². The summed E-state index contributed by atoms with van der Waals surface area (Å²) in [6, 6.07) is 5.66. The molecule has 0 aliphatic rings. The maximum absolute atomic E-state index is 12.8. The molecule has 0 saturated carbocycles. The van der Waals surface area contributed by atoms with Gasteiger partial charge in [-0.05, 0) is 31.5 Å². The first-order chi connectivity index (χ1) is 9.10. The van der Waals surface area contributed by atoms with Crippen LogP contribution in [0, 0.1) is 5.82 Å². The van der Waals surface area contributed by atoms with Crippen LogP contribution in [0.2, 0.25) is 0 Å². The van der Waals surface area contributed by atoms with E-state index in [4.69, 9.17) is 0 Å². The van der Waals surface area contributed by atoms with E-state index in [9.17, 15) is 22.4 Å². The third-order valence-electron chi connectivity index (χ3n) is 2.74. The predicted molar refractivity (Wildman–Crippen MR) is 66.5 cm³/mol. The smallest absolute Gasteiger partial charge is 0.346 e. The van der Waals surface area contributed by atoms with E-state index >= 15 is 0 Å². The lowest BCUT2D eigenvalue weighted by Gasteiger charge is -2.26. The molecule has 1 aromatic rings. The molecule has 0 bridgehead atoms. The van der Waals surface area contributed by atoms with Crippen molar-refractivity contribution in [2.24, 2.45) is 0 Å². The molecule has 1 amide bonds. The summed E-state index contributed by atoms with van der Waals surface area (Å²) in [6.07, 6.45) is -4.43. The zero-order chi connectivity index (χ0) is 15.4. The maximum atomic E-state index is 12.8. The second kappa shape index (κ2) is 6.21. The Morgan fingerprint density at radius 2 is 1.70 bits per heavy atom. The molecule has 7 heteroatoms. The third-order valence-corrected chi connectivity index (χ3v) is 2.74. The Morgan fingerprint density at radius 3 is 2.20 bits per heavy atom. The summed E-state index contributed by atoms with van der Waals surface area (Å²) in [7, 11) is 0.